The first-order valence-corrected chi connectivity index (χ1v) is 30.3. The minimum absolute atomic E-state index is 0.256. The summed E-state index contributed by atoms with van der Waals surface area (Å²) in [6, 6.07) is -1.17. The van der Waals surface area contributed by atoms with Gasteiger partial charge in [-0.3, -0.25) is 4.79 Å². The number of hydrogen-bond donors (Lipinski definition) is 8. The number of carbonyl (C=O) groups is 1. The average Bonchev–Trinajstić information content (AvgIpc) is 3.37. The van der Waals surface area contributed by atoms with Crippen molar-refractivity contribution >= 4 is 5.91 Å². The van der Waals surface area contributed by atoms with Crippen molar-refractivity contribution in [2.75, 3.05) is 13.2 Å². The van der Waals surface area contributed by atoms with Crippen molar-refractivity contribution < 1.29 is 50.0 Å². The zero-order valence-corrected chi connectivity index (χ0v) is 46.0. The van der Waals surface area contributed by atoms with E-state index in [1.54, 1.807) is 0 Å². The van der Waals surface area contributed by atoms with Gasteiger partial charge in [0.1, 0.15) is 36.6 Å². The minimum Gasteiger partial charge on any atom is -0.394 e. The molecule has 1 rings (SSSR count). The number of amides is 1. The van der Waals surface area contributed by atoms with Crippen LogP contribution < -0.4 is 5.32 Å². The summed E-state index contributed by atoms with van der Waals surface area (Å²) in [5.41, 5.74) is 0. The summed E-state index contributed by atoms with van der Waals surface area (Å²) in [4.78, 5) is 13.2. The Kier molecular flexibility index (Phi) is 47.1. The fourth-order valence-corrected chi connectivity index (χ4v) is 9.85. The van der Waals surface area contributed by atoms with E-state index in [4.69, 9.17) is 9.47 Å². The second kappa shape index (κ2) is 49.5. The van der Waals surface area contributed by atoms with Crippen LogP contribution >= 0.6 is 0 Å². The molecule has 9 atom stereocenters. The van der Waals surface area contributed by atoms with Crippen molar-refractivity contribution in [3.05, 3.63) is 24.3 Å². The Morgan fingerprint density at radius 1 is 0.493 bits per heavy atom. The van der Waals surface area contributed by atoms with E-state index in [9.17, 15) is 40.5 Å². The molecule has 1 amide bonds. The lowest BCUT2D eigenvalue weighted by Crippen LogP contribution is -2.60. The first-order chi connectivity index (χ1) is 34.7. The molecule has 9 unspecified atom stereocenters. The average molecular weight is 1010 g/mol. The molecule has 1 aliphatic heterocycles. The third kappa shape index (κ3) is 37.9. The van der Waals surface area contributed by atoms with Gasteiger partial charge in [0.2, 0.25) is 5.91 Å². The van der Waals surface area contributed by atoms with Crippen molar-refractivity contribution in [2.24, 2.45) is 0 Å². The molecule has 0 spiro atoms. The highest BCUT2D eigenvalue weighted by Gasteiger charge is 2.44. The van der Waals surface area contributed by atoms with E-state index < -0.39 is 74.2 Å². The Hall–Kier alpha value is -1.41. The van der Waals surface area contributed by atoms with Gasteiger partial charge >= 0.3 is 0 Å². The van der Waals surface area contributed by atoms with E-state index in [1.807, 2.05) is 0 Å². The Morgan fingerprint density at radius 2 is 0.845 bits per heavy atom. The molecule has 0 aromatic rings. The van der Waals surface area contributed by atoms with Crippen LogP contribution in [0.4, 0.5) is 0 Å². The van der Waals surface area contributed by atoms with Crippen LogP contribution in [0, 0.1) is 0 Å². The van der Waals surface area contributed by atoms with Gasteiger partial charge in [-0.05, 0) is 38.5 Å². The maximum atomic E-state index is 13.2. The van der Waals surface area contributed by atoms with E-state index in [1.165, 1.54) is 199 Å². The lowest BCUT2D eigenvalue weighted by atomic mass is 9.98. The fourth-order valence-electron chi connectivity index (χ4n) is 9.85. The number of rotatable bonds is 52. The van der Waals surface area contributed by atoms with Gasteiger partial charge in [0.25, 0.3) is 0 Å². The highest BCUT2D eigenvalue weighted by molar-refractivity contribution is 5.80. The molecule has 11 heteroatoms. The molecule has 1 aliphatic rings. The molecule has 8 N–H and O–H groups in total. The number of aliphatic hydroxyl groups excluding tert-OH is 7. The summed E-state index contributed by atoms with van der Waals surface area (Å²) in [7, 11) is 0. The summed E-state index contributed by atoms with van der Waals surface area (Å²) >= 11 is 0. The molecule has 0 radical (unpaired) electrons. The van der Waals surface area contributed by atoms with Gasteiger partial charge in [0.05, 0.1) is 25.4 Å². The predicted molar refractivity (Wildman–Crippen MR) is 293 cm³/mol. The van der Waals surface area contributed by atoms with Gasteiger partial charge in [-0.25, -0.2) is 0 Å². The molecule has 0 saturated carbocycles. The summed E-state index contributed by atoms with van der Waals surface area (Å²) in [5.74, 6) is -0.697. The van der Waals surface area contributed by atoms with Gasteiger partial charge < -0.3 is 50.5 Å². The Balaban J connectivity index is 2.27. The number of nitrogens with one attached hydrogen (secondary N) is 1. The number of allylic oxidation sites excluding steroid dienone is 4. The molecule has 1 fully saturated rings. The van der Waals surface area contributed by atoms with E-state index in [0.29, 0.717) is 19.3 Å². The van der Waals surface area contributed by atoms with Crippen LogP contribution in [0.3, 0.4) is 0 Å². The normalized spacial score (nSPS) is 20.3. The molecule has 1 saturated heterocycles. The largest absolute Gasteiger partial charge is 0.394 e. The van der Waals surface area contributed by atoms with Gasteiger partial charge in [-0.15, -0.1) is 0 Å². The molecule has 0 aromatic heterocycles. The van der Waals surface area contributed by atoms with Crippen molar-refractivity contribution in [1.82, 2.24) is 5.32 Å². The monoisotopic (exact) mass is 1010 g/mol. The molecule has 71 heavy (non-hydrogen) atoms. The molecule has 0 aliphatic carbocycles. The van der Waals surface area contributed by atoms with Gasteiger partial charge in [-0.1, -0.05) is 269 Å². The second-order valence-electron chi connectivity index (χ2n) is 21.5. The molecule has 11 nitrogen and oxygen atoms in total. The van der Waals surface area contributed by atoms with E-state index >= 15 is 0 Å². The van der Waals surface area contributed by atoms with Crippen LogP contribution in [0.1, 0.15) is 284 Å². The summed E-state index contributed by atoms with van der Waals surface area (Å²) in [6.45, 7) is 3.46. The van der Waals surface area contributed by atoms with Gasteiger partial charge in [0, 0.05) is 0 Å². The molecule has 1 heterocycles. The highest BCUT2D eigenvalue weighted by Crippen LogP contribution is 2.24. The van der Waals surface area contributed by atoms with Gasteiger partial charge in [0.15, 0.2) is 6.29 Å². The van der Waals surface area contributed by atoms with Crippen LogP contribution in [-0.4, -0.2) is 110 Å². The van der Waals surface area contributed by atoms with Crippen LogP contribution in [0.2, 0.25) is 0 Å². The zero-order chi connectivity index (χ0) is 51.8. The Bertz CT molecular complexity index is 1200. The maximum Gasteiger partial charge on any atom is 0.249 e. The highest BCUT2D eigenvalue weighted by atomic mass is 16.7. The van der Waals surface area contributed by atoms with E-state index in [2.05, 4.69) is 43.5 Å². The SMILES string of the molecule is CCCCC/C=C\C=C/CCCCCCCCCCCC(O)C(=O)NC(COC1OC(CO)C(O)C(O)C1O)C(O)C(O)CCCCCCCCCCCCCCCCCCCCCCCCCCCC. The number of hydrogen-bond acceptors (Lipinski definition) is 10. The Labute approximate surface area is 435 Å². The van der Waals surface area contributed by atoms with Crippen LogP contribution in [0.25, 0.3) is 0 Å². The van der Waals surface area contributed by atoms with Gasteiger partial charge in [-0.2, -0.15) is 0 Å². The number of ether oxygens (including phenoxy) is 2. The summed E-state index contributed by atoms with van der Waals surface area (Å²) in [5, 5.41) is 76.2. The topological polar surface area (TPSA) is 189 Å². The standard InChI is InChI=1S/C60H115NO10/c1-3-5-7-9-11-13-15-17-19-21-23-24-25-26-27-28-29-30-32-33-35-37-39-41-43-45-47-52(63)55(65)51(50-70-60-58(68)57(67)56(66)54(49-62)71-60)61-59(69)53(64)48-46-44-42-40-38-36-34-31-22-20-18-16-14-12-10-8-6-4-2/h12,14,16,18,51-58,60,62-68H,3-11,13,15,17,19-50H2,1-2H3,(H,61,69)/b14-12-,18-16-. The van der Waals surface area contributed by atoms with Crippen LogP contribution in [0.15, 0.2) is 24.3 Å². The Morgan fingerprint density at radius 3 is 1.25 bits per heavy atom. The molecule has 420 valence electrons. The third-order valence-electron chi connectivity index (χ3n) is 14.8. The van der Waals surface area contributed by atoms with Crippen LogP contribution in [-0.2, 0) is 14.3 Å². The number of carbonyl (C=O) groups excluding carboxylic acids is 1. The van der Waals surface area contributed by atoms with Crippen LogP contribution in [0.5, 0.6) is 0 Å². The van der Waals surface area contributed by atoms with Crippen molar-refractivity contribution in [2.45, 2.75) is 339 Å². The smallest absolute Gasteiger partial charge is 0.249 e. The fraction of sp³-hybridized carbons (Fsp3) is 0.917. The quantitative estimate of drug-likeness (QED) is 0.0215. The predicted octanol–water partition coefficient (Wildman–Crippen LogP) is 12.9. The zero-order valence-electron chi connectivity index (χ0n) is 46.0. The molecular formula is C60H115NO10. The summed E-state index contributed by atoms with van der Waals surface area (Å²) < 4.78 is 11.2. The number of aliphatic hydroxyl groups is 7. The van der Waals surface area contributed by atoms with Crippen molar-refractivity contribution in [3.63, 3.8) is 0 Å². The lowest BCUT2D eigenvalue weighted by Gasteiger charge is -2.40. The molecule has 0 bridgehead atoms. The third-order valence-corrected chi connectivity index (χ3v) is 14.8. The molecular weight excluding hydrogens is 895 g/mol. The van der Waals surface area contributed by atoms with E-state index in [-0.39, 0.29) is 6.42 Å². The second-order valence-corrected chi connectivity index (χ2v) is 21.5. The number of unbranched alkanes of at least 4 members (excludes halogenated alkanes) is 37. The molecule has 0 aromatic carbocycles. The van der Waals surface area contributed by atoms with Crippen molar-refractivity contribution in [3.8, 4) is 0 Å². The minimum atomic E-state index is -1.66. The maximum absolute atomic E-state index is 13.2. The van der Waals surface area contributed by atoms with Crippen molar-refractivity contribution in [1.29, 1.82) is 0 Å². The lowest BCUT2D eigenvalue weighted by molar-refractivity contribution is -0.303. The first kappa shape index (κ1) is 67.6. The summed E-state index contributed by atoms with van der Waals surface area (Å²) in [6.07, 6.45) is 48.0. The first-order valence-electron chi connectivity index (χ1n) is 30.3. The van der Waals surface area contributed by atoms with E-state index in [0.717, 1.165) is 44.9 Å².